The van der Waals surface area contributed by atoms with Gasteiger partial charge in [0.25, 0.3) is 0 Å². The first-order valence-corrected chi connectivity index (χ1v) is 6.71. The van der Waals surface area contributed by atoms with Crippen LogP contribution in [-0.4, -0.2) is 60.4 Å². The maximum Gasteiger partial charge on any atom is 0.305 e. The Morgan fingerprint density at radius 2 is 2.21 bits per heavy atom. The summed E-state index contributed by atoms with van der Waals surface area (Å²) in [4.78, 5) is 24.4. The van der Waals surface area contributed by atoms with Crippen LogP contribution in [0.5, 0.6) is 0 Å². The number of rotatable bonds is 7. The fourth-order valence-corrected chi connectivity index (χ4v) is 2.04. The molecule has 19 heavy (non-hydrogen) atoms. The van der Waals surface area contributed by atoms with Crippen molar-refractivity contribution in [1.29, 1.82) is 0 Å². The molecule has 0 bridgehead atoms. The molecule has 0 aromatic heterocycles. The Bertz CT molecular complexity index is 305. The summed E-state index contributed by atoms with van der Waals surface area (Å²) >= 11 is 0. The van der Waals surface area contributed by atoms with Gasteiger partial charge in [0.2, 0.25) is 5.91 Å². The second kappa shape index (κ2) is 8.12. The van der Waals surface area contributed by atoms with Crippen LogP contribution >= 0.6 is 0 Å². The fraction of sp³-hybridized carbons (Fsp3) is 0.846. The van der Waals surface area contributed by atoms with Crippen LogP contribution in [0.1, 0.15) is 33.1 Å². The minimum atomic E-state index is -0.906. The molecule has 6 nitrogen and oxygen atoms in total. The minimum absolute atomic E-state index is 0.0121. The number of aliphatic carboxylic acids is 1. The van der Waals surface area contributed by atoms with E-state index < -0.39 is 5.97 Å². The first-order valence-electron chi connectivity index (χ1n) is 6.71. The second-order valence-corrected chi connectivity index (χ2v) is 4.94. The average Bonchev–Trinajstić information content (AvgIpc) is 2.34. The van der Waals surface area contributed by atoms with Crippen molar-refractivity contribution in [2.45, 2.75) is 45.3 Å². The van der Waals surface area contributed by atoms with Crippen molar-refractivity contribution in [3.63, 3.8) is 0 Å². The number of carboxylic acid groups (broad SMARTS) is 1. The highest BCUT2D eigenvalue weighted by Crippen LogP contribution is 2.13. The number of morpholine rings is 1. The van der Waals surface area contributed by atoms with Gasteiger partial charge >= 0.3 is 5.97 Å². The van der Waals surface area contributed by atoms with Crippen molar-refractivity contribution >= 4 is 11.9 Å². The highest BCUT2D eigenvalue weighted by Gasteiger charge is 2.28. The summed E-state index contributed by atoms with van der Waals surface area (Å²) in [5, 5.41) is 8.83. The molecule has 6 heteroatoms. The molecule has 1 aliphatic heterocycles. The number of carboxylic acids is 1. The molecule has 0 aromatic rings. The fourth-order valence-electron chi connectivity index (χ4n) is 2.04. The molecular weight excluding hydrogens is 250 g/mol. The Hall–Kier alpha value is -1.14. The van der Waals surface area contributed by atoms with Gasteiger partial charge in [-0.1, -0.05) is 0 Å². The molecule has 110 valence electrons. The highest BCUT2D eigenvalue weighted by atomic mass is 16.5. The number of hydrogen-bond donors (Lipinski definition) is 1. The molecule has 0 saturated carbocycles. The van der Waals surface area contributed by atoms with E-state index in [1.807, 2.05) is 13.8 Å². The van der Waals surface area contributed by atoms with Crippen LogP contribution in [0.2, 0.25) is 0 Å². The van der Waals surface area contributed by atoms with Crippen molar-refractivity contribution in [3.8, 4) is 0 Å². The first kappa shape index (κ1) is 15.9. The molecular formula is C13H23NO5. The van der Waals surface area contributed by atoms with E-state index in [2.05, 4.69) is 0 Å². The molecule has 0 unspecified atom stereocenters. The molecule has 0 aromatic carbocycles. The number of amides is 1. The van der Waals surface area contributed by atoms with Crippen molar-refractivity contribution in [1.82, 2.24) is 4.90 Å². The summed E-state index contributed by atoms with van der Waals surface area (Å²) in [7, 11) is 0. The van der Waals surface area contributed by atoms with Gasteiger partial charge in [0.1, 0.15) is 0 Å². The SMILES string of the molecule is CC(C)OCCCC(=O)N1CCOC[C@H]1CC(=O)O. The van der Waals surface area contributed by atoms with Crippen LogP contribution in [-0.2, 0) is 19.1 Å². The lowest BCUT2D eigenvalue weighted by atomic mass is 10.1. The molecule has 1 amide bonds. The molecule has 0 aliphatic carbocycles. The zero-order valence-corrected chi connectivity index (χ0v) is 11.6. The van der Waals surface area contributed by atoms with E-state index in [-0.39, 0.29) is 24.5 Å². The summed E-state index contributed by atoms with van der Waals surface area (Å²) in [6.45, 7) is 5.71. The number of carbonyl (C=O) groups excluding carboxylic acids is 1. The Labute approximate surface area is 113 Å². The second-order valence-electron chi connectivity index (χ2n) is 4.94. The number of carbonyl (C=O) groups is 2. The standard InChI is InChI=1S/C13H23NO5/c1-10(2)19-6-3-4-12(15)14-5-7-18-9-11(14)8-13(16)17/h10-11H,3-9H2,1-2H3,(H,16,17)/t11-/m1/s1. The van der Waals surface area contributed by atoms with Crippen LogP contribution in [0.3, 0.4) is 0 Å². The van der Waals surface area contributed by atoms with Gasteiger partial charge < -0.3 is 19.5 Å². The third kappa shape index (κ3) is 6.02. The Morgan fingerprint density at radius 3 is 2.84 bits per heavy atom. The zero-order chi connectivity index (χ0) is 14.3. The van der Waals surface area contributed by atoms with E-state index in [1.54, 1.807) is 4.90 Å². The smallest absolute Gasteiger partial charge is 0.305 e. The van der Waals surface area contributed by atoms with Gasteiger partial charge in [0, 0.05) is 19.6 Å². The predicted molar refractivity (Wildman–Crippen MR) is 68.9 cm³/mol. The Morgan fingerprint density at radius 1 is 1.47 bits per heavy atom. The topological polar surface area (TPSA) is 76.1 Å². The van der Waals surface area contributed by atoms with Gasteiger partial charge in [-0.05, 0) is 20.3 Å². The summed E-state index contributed by atoms with van der Waals surface area (Å²) in [5.74, 6) is -0.918. The Kier molecular flexibility index (Phi) is 6.80. The minimum Gasteiger partial charge on any atom is -0.481 e. The third-order valence-corrected chi connectivity index (χ3v) is 2.94. The summed E-state index contributed by atoms with van der Waals surface area (Å²) < 4.78 is 10.6. The summed E-state index contributed by atoms with van der Waals surface area (Å²) in [6.07, 6.45) is 1.16. The first-order chi connectivity index (χ1) is 9.00. The summed E-state index contributed by atoms with van der Waals surface area (Å²) in [5.41, 5.74) is 0. The number of hydrogen-bond acceptors (Lipinski definition) is 4. The average molecular weight is 273 g/mol. The zero-order valence-electron chi connectivity index (χ0n) is 11.6. The van der Waals surface area contributed by atoms with E-state index in [4.69, 9.17) is 14.6 Å². The van der Waals surface area contributed by atoms with Crippen LogP contribution in [0, 0.1) is 0 Å². The van der Waals surface area contributed by atoms with Gasteiger partial charge in [0.15, 0.2) is 0 Å². The molecule has 1 rings (SSSR count). The third-order valence-electron chi connectivity index (χ3n) is 2.94. The van der Waals surface area contributed by atoms with E-state index in [0.29, 0.717) is 39.2 Å². The molecule has 1 N–H and O–H groups in total. The summed E-state index contributed by atoms with van der Waals surface area (Å²) in [6, 6.07) is -0.343. The lowest BCUT2D eigenvalue weighted by molar-refractivity contribution is -0.146. The normalized spacial score (nSPS) is 19.7. The quantitative estimate of drug-likeness (QED) is 0.697. The molecule has 0 spiro atoms. The lowest BCUT2D eigenvalue weighted by Crippen LogP contribution is -2.49. The molecule has 1 saturated heterocycles. The van der Waals surface area contributed by atoms with Crippen molar-refractivity contribution in [3.05, 3.63) is 0 Å². The van der Waals surface area contributed by atoms with Gasteiger partial charge in [-0.15, -0.1) is 0 Å². The lowest BCUT2D eigenvalue weighted by Gasteiger charge is -2.35. The van der Waals surface area contributed by atoms with E-state index >= 15 is 0 Å². The van der Waals surface area contributed by atoms with Crippen LogP contribution in [0.4, 0.5) is 0 Å². The largest absolute Gasteiger partial charge is 0.481 e. The molecule has 1 heterocycles. The highest BCUT2D eigenvalue weighted by molar-refractivity contribution is 5.77. The van der Waals surface area contributed by atoms with Gasteiger partial charge in [-0.2, -0.15) is 0 Å². The molecule has 1 atom stereocenters. The van der Waals surface area contributed by atoms with Crippen LogP contribution in [0.15, 0.2) is 0 Å². The van der Waals surface area contributed by atoms with E-state index in [1.165, 1.54) is 0 Å². The van der Waals surface area contributed by atoms with Crippen molar-refractivity contribution in [2.24, 2.45) is 0 Å². The predicted octanol–water partition coefficient (Wildman–Crippen LogP) is 0.894. The van der Waals surface area contributed by atoms with Gasteiger partial charge in [0.05, 0.1) is 31.8 Å². The maximum atomic E-state index is 12.1. The molecule has 1 fully saturated rings. The van der Waals surface area contributed by atoms with Crippen molar-refractivity contribution < 1.29 is 24.2 Å². The molecule has 0 radical (unpaired) electrons. The van der Waals surface area contributed by atoms with Crippen molar-refractivity contribution in [2.75, 3.05) is 26.4 Å². The maximum absolute atomic E-state index is 12.1. The van der Waals surface area contributed by atoms with E-state index in [0.717, 1.165) is 0 Å². The van der Waals surface area contributed by atoms with Gasteiger partial charge in [-0.25, -0.2) is 0 Å². The van der Waals surface area contributed by atoms with E-state index in [9.17, 15) is 9.59 Å². The number of ether oxygens (including phenoxy) is 2. The van der Waals surface area contributed by atoms with Crippen LogP contribution < -0.4 is 0 Å². The Balaban J connectivity index is 2.37. The number of nitrogens with zero attached hydrogens (tertiary/aromatic N) is 1. The monoisotopic (exact) mass is 273 g/mol. The van der Waals surface area contributed by atoms with Crippen LogP contribution in [0.25, 0.3) is 0 Å². The van der Waals surface area contributed by atoms with Gasteiger partial charge in [-0.3, -0.25) is 9.59 Å². The molecule has 1 aliphatic rings.